The van der Waals surface area contributed by atoms with Crippen molar-refractivity contribution in [3.63, 3.8) is 0 Å². The number of hydrogen-bond acceptors (Lipinski definition) is 3. The van der Waals surface area contributed by atoms with Crippen LogP contribution >= 0.6 is 11.6 Å². The number of amides is 1. The molecule has 0 aliphatic rings. The summed E-state index contributed by atoms with van der Waals surface area (Å²) >= 11 is 6.04. The maximum Gasteiger partial charge on any atom is 0.261 e. The number of ether oxygens (including phenoxy) is 1. The van der Waals surface area contributed by atoms with Crippen molar-refractivity contribution < 1.29 is 9.53 Å². The van der Waals surface area contributed by atoms with Crippen LogP contribution in [0.4, 0.5) is 0 Å². The number of pyridine rings is 1. The molecule has 0 unspecified atom stereocenters. The largest absolute Gasteiger partial charge is 0.479 e. The summed E-state index contributed by atoms with van der Waals surface area (Å²) in [6, 6.07) is 10.8. The molecule has 0 aliphatic carbocycles. The van der Waals surface area contributed by atoms with Crippen molar-refractivity contribution in [3.05, 3.63) is 59.4 Å². The number of nitrogens with zero attached hydrogens (tertiary/aromatic N) is 1. The predicted octanol–water partition coefficient (Wildman–Crippen LogP) is 3.21. The van der Waals surface area contributed by atoms with Crippen LogP contribution in [-0.2, 0) is 11.3 Å². The fourth-order valence-corrected chi connectivity index (χ4v) is 2.00. The number of halogens is 1. The average molecular weight is 305 g/mol. The maximum atomic E-state index is 12.2. The van der Waals surface area contributed by atoms with Crippen LogP contribution in [0.3, 0.4) is 0 Å². The molecule has 110 valence electrons. The van der Waals surface area contributed by atoms with Crippen LogP contribution in [0.2, 0.25) is 5.02 Å². The minimum Gasteiger partial charge on any atom is -0.479 e. The van der Waals surface area contributed by atoms with Gasteiger partial charge in [0.25, 0.3) is 5.91 Å². The monoisotopic (exact) mass is 304 g/mol. The summed E-state index contributed by atoms with van der Waals surface area (Å²) in [5.41, 5.74) is 0.992. The van der Waals surface area contributed by atoms with Crippen LogP contribution in [0.5, 0.6) is 5.75 Å². The molecule has 1 N–H and O–H groups in total. The molecular formula is C16H17ClN2O2. The van der Waals surface area contributed by atoms with Crippen LogP contribution < -0.4 is 10.1 Å². The third-order valence-electron chi connectivity index (χ3n) is 2.99. The van der Waals surface area contributed by atoms with Crippen molar-refractivity contribution >= 4 is 17.5 Å². The second kappa shape index (κ2) is 7.64. The molecular weight excluding hydrogens is 288 g/mol. The molecule has 1 atom stereocenters. The van der Waals surface area contributed by atoms with Crippen molar-refractivity contribution in [2.45, 2.75) is 26.0 Å². The lowest BCUT2D eigenvalue weighted by Gasteiger charge is -2.18. The molecule has 21 heavy (non-hydrogen) atoms. The van der Waals surface area contributed by atoms with Crippen LogP contribution in [0, 0.1) is 0 Å². The first kappa shape index (κ1) is 15.3. The Kier molecular flexibility index (Phi) is 5.58. The number of carbonyl (C=O) groups is 1. The van der Waals surface area contributed by atoms with Crippen LogP contribution in [0.1, 0.15) is 18.9 Å². The molecule has 5 heteroatoms. The fourth-order valence-electron chi connectivity index (χ4n) is 1.82. The zero-order valence-corrected chi connectivity index (χ0v) is 12.5. The van der Waals surface area contributed by atoms with E-state index in [1.807, 2.05) is 31.2 Å². The lowest BCUT2D eigenvalue weighted by Crippen LogP contribution is -2.37. The topological polar surface area (TPSA) is 51.2 Å². The van der Waals surface area contributed by atoms with Crippen LogP contribution in [0.25, 0.3) is 0 Å². The van der Waals surface area contributed by atoms with Gasteiger partial charge in [0.05, 0.1) is 5.02 Å². The third kappa shape index (κ3) is 4.46. The Balaban J connectivity index is 1.94. The van der Waals surface area contributed by atoms with Gasteiger partial charge in [-0.05, 0) is 36.2 Å². The van der Waals surface area contributed by atoms with E-state index >= 15 is 0 Å². The zero-order chi connectivity index (χ0) is 15.1. The molecule has 2 rings (SSSR count). The highest BCUT2D eigenvalue weighted by atomic mass is 35.5. The van der Waals surface area contributed by atoms with E-state index in [0.29, 0.717) is 23.7 Å². The van der Waals surface area contributed by atoms with E-state index in [2.05, 4.69) is 10.3 Å². The van der Waals surface area contributed by atoms with Gasteiger partial charge in [-0.25, -0.2) is 0 Å². The Hall–Kier alpha value is -2.07. The summed E-state index contributed by atoms with van der Waals surface area (Å²) in [5.74, 6) is 0.360. The van der Waals surface area contributed by atoms with Gasteiger partial charge >= 0.3 is 0 Å². The summed E-state index contributed by atoms with van der Waals surface area (Å²) < 4.78 is 5.69. The first-order valence-corrected chi connectivity index (χ1v) is 7.16. The van der Waals surface area contributed by atoms with Gasteiger partial charge in [0.2, 0.25) is 0 Å². The highest BCUT2D eigenvalue weighted by Crippen LogP contribution is 2.24. The lowest BCUT2D eigenvalue weighted by atomic mass is 10.2. The average Bonchev–Trinajstić information content (AvgIpc) is 2.53. The first-order valence-electron chi connectivity index (χ1n) is 6.78. The van der Waals surface area contributed by atoms with Gasteiger partial charge in [0, 0.05) is 18.9 Å². The second-order valence-corrected chi connectivity index (χ2v) is 4.93. The van der Waals surface area contributed by atoms with Gasteiger partial charge in [0.1, 0.15) is 5.75 Å². The number of rotatable bonds is 6. The Morgan fingerprint density at radius 1 is 1.29 bits per heavy atom. The molecule has 2 aromatic rings. The Morgan fingerprint density at radius 3 is 2.67 bits per heavy atom. The quantitative estimate of drug-likeness (QED) is 0.891. The van der Waals surface area contributed by atoms with Gasteiger partial charge in [0.15, 0.2) is 6.10 Å². The predicted molar refractivity (Wildman–Crippen MR) is 82.2 cm³/mol. The molecule has 1 heterocycles. The smallest absolute Gasteiger partial charge is 0.261 e. The molecule has 1 aromatic carbocycles. The SMILES string of the molecule is CC[C@@H](Oc1ccccc1Cl)C(=O)NCc1ccncc1. The molecule has 1 aromatic heterocycles. The molecule has 1 amide bonds. The third-order valence-corrected chi connectivity index (χ3v) is 3.30. The van der Waals surface area contributed by atoms with E-state index in [1.165, 1.54) is 0 Å². The van der Waals surface area contributed by atoms with E-state index in [9.17, 15) is 4.79 Å². The zero-order valence-electron chi connectivity index (χ0n) is 11.8. The molecule has 0 radical (unpaired) electrons. The molecule has 0 saturated carbocycles. The van der Waals surface area contributed by atoms with Crippen molar-refractivity contribution in [2.75, 3.05) is 0 Å². The molecule has 0 fully saturated rings. The summed E-state index contributed by atoms with van der Waals surface area (Å²) in [6.07, 6.45) is 3.39. The van der Waals surface area contributed by atoms with Gasteiger partial charge < -0.3 is 10.1 Å². The Bertz CT molecular complexity index is 590. The second-order valence-electron chi connectivity index (χ2n) is 4.52. The van der Waals surface area contributed by atoms with Crippen molar-refractivity contribution in [1.82, 2.24) is 10.3 Å². The Labute approximate surface area is 129 Å². The summed E-state index contributed by atoms with van der Waals surface area (Å²) in [4.78, 5) is 16.1. The molecule has 0 spiro atoms. The van der Waals surface area contributed by atoms with Crippen LogP contribution in [-0.4, -0.2) is 17.0 Å². The van der Waals surface area contributed by atoms with E-state index in [4.69, 9.17) is 16.3 Å². The van der Waals surface area contributed by atoms with Gasteiger partial charge in [-0.1, -0.05) is 30.7 Å². The maximum absolute atomic E-state index is 12.2. The number of nitrogens with one attached hydrogen (secondary N) is 1. The molecule has 0 bridgehead atoms. The standard InChI is InChI=1S/C16H17ClN2O2/c1-2-14(21-15-6-4-3-5-13(15)17)16(20)19-11-12-7-9-18-10-8-12/h3-10,14H,2,11H2,1H3,(H,19,20)/t14-/m1/s1. The Morgan fingerprint density at radius 2 is 2.00 bits per heavy atom. The summed E-state index contributed by atoms with van der Waals surface area (Å²) in [6.45, 7) is 2.34. The van der Waals surface area contributed by atoms with E-state index < -0.39 is 6.10 Å². The number of hydrogen-bond donors (Lipinski definition) is 1. The van der Waals surface area contributed by atoms with Crippen molar-refractivity contribution in [3.8, 4) is 5.75 Å². The molecule has 4 nitrogen and oxygen atoms in total. The van der Waals surface area contributed by atoms with E-state index in [1.54, 1.807) is 24.5 Å². The van der Waals surface area contributed by atoms with Crippen LogP contribution in [0.15, 0.2) is 48.8 Å². The highest BCUT2D eigenvalue weighted by Gasteiger charge is 2.18. The van der Waals surface area contributed by atoms with Crippen molar-refractivity contribution in [2.24, 2.45) is 0 Å². The summed E-state index contributed by atoms with van der Waals surface area (Å²) in [7, 11) is 0. The lowest BCUT2D eigenvalue weighted by molar-refractivity contribution is -0.128. The number of para-hydroxylation sites is 1. The normalized spacial score (nSPS) is 11.7. The van der Waals surface area contributed by atoms with Crippen molar-refractivity contribution in [1.29, 1.82) is 0 Å². The number of aromatic nitrogens is 1. The number of carbonyl (C=O) groups excluding carboxylic acids is 1. The first-order chi connectivity index (χ1) is 10.2. The highest BCUT2D eigenvalue weighted by molar-refractivity contribution is 6.32. The van der Waals surface area contributed by atoms with E-state index in [0.717, 1.165) is 5.56 Å². The fraction of sp³-hybridized carbons (Fsp3) is 0.250. The van der Waals surface area contributed by atoms with Gasteiger partial charge in [-0.2, -0.15) is 0 Å². The number of benzene rings is 1. The van der Waals surface area contributed by atoms with Gasteiger partial charge in [-0.3, -0.25) is 9.78 Å². The molecule has 0 aliphatic heterocycles. The van der Waals surface area contributed by atoms with E-state index in [-0.39, 0.29) is 5.91 Å². The minimum atomic E-state index is -0.563. The van der Waals surface area contributed by atoms with Gasteiger partial charge in [-0.15, -0.1) is 0 Å². The summed E-state index contributed by atoms with van der Waals surface area (Å²) in [5, 5.41) is 3.35. The minimum absolute atomic E-state index is 0.158. The molecule has 0 saturated heterocycles.